The molecule has 31 heavy (non-hydrogen) atoms. The van der Waals surface area contributed by atoms with Gasteiger partial charge in [-0.1, -0.05) is 12.1 Å². The first-order valence-electron chi connectivity index (χ1n) is 9.76. The zero-order valence-electron chi connectivity index (χ0n) is 17.6. The molecule has 4 aromatic rings. The standard InChI is InChI=1S/C21H24N6O3S/c1-26(2)31(28,29)17-6-4-5-15(11-17)19(8-10-30-3)27-13-16(12-25-27)20-18-7-9-22-21(18)24-14-23-20/h4-7,9,11-14,19H,8,10H2,1-3H3,(H,22,23,24). The molecule has 10 heteroatoms. The summed E-state index contributed by atoms with van der Waals surface area (Å²) in [6.07, 6.45) is 7.65. The molecule has 0 spiro atoms. The third-order valence-electron chi connectivity index (χ3n) is 5.17. The number of rotatable bonds is 8. The van der Waals surface area contributed by atoms with Gasteiger partial charge in [-0.3, -0.25) is 4.68 Å². The molecule has 0 aliphatic rings. The fraction of sp³-hybridized carbons (Fsp3) is 0.286. The van der Waals surface area contributed by atoms with Crippen molar-refractivity contribution < 1.29 is 13.2 Å². The lowest BCUT2D eigenvalue weighted by Crippen LogP contribution is -2.22. The monoisotopic (exact) mass is 440 g/mol. The number of hydrogen-bond donors (Lipinski definition) is 1. The number of aromatic nitrogens is 5. The van der Waals surface area contributed by atoms with Gasteiger partial charge in [-0.25, -0.2) is 22.7 Å². The first-order chi connectivity index (χ1) is 14.9. The van der Waals surface area contributed by atoms with Gasteiger partial charge in [0.1, 0.15) is 12.0 Å². The number of benzene rings is 1. The second kappa shape index (κ2) is 8.58. The lowest BCUT2D eigenvalue weighted by atomic mass is 10.0. The molecule has 1 unspecified atom stereocenters. The Morgan fingerprint density at radius 3 is 2.84 bits per heavy atom. The molecule has 3 heterocycles. The van der Waals surface area contributed by atoms with Gasteiger partial charge in [0.05, 0.1) is 22.8 Å². The van der Waals surface area contributed by atoms with Crippen molar-refractivity contribution in [2.24, 2.45) is 0 Å². The van der Waals surface area contributed by atoms with Crippen molar-refractivity contribution in [1.29, 1.82) is 0 Å². The van der Waals surface area contributed by atoms with Gasteiger partial charge in [0.2, 0.25) is 10.0 Å². The molecule has 9 nitrogen and oxygen atoms in total. The van der Waals surface area contributed by atoms with Crippen molar-refractivity contribution in [3.8, 4) is 11.3 Å². The van der Waals surface area contributed by atoms with E-state index in [9.17, 15) is 8.42 Å². The minimum atomic E-state index is -3.54. The summed E-state index contributed by atoms with van der Waals surface area (Å²) in [4.78, 5) is 12.0. The van der Waals surface area contributed by atoms with E-state index < -0.39 is 10.0 Å². The molecule has 0 amide bonds. The number of ether oxygens (including phenoxy) is 1. The molecule has 0 bridgehead atoms. The second-order valence-electron chi connectivity index (χ2n) is 7.33. The fourth-order valence-corrected chi connectivity index (χ4v) is 4.46. The number of nitrogens with one attached hydrogen (secondary N) is 1. The molecule has 0 saturated carbocycles. The van der Waals surface area contributed by atoms with Crippen LogP contribution >= 0.6 is 0 Å². The predicted molar refractivity (Wildman–Crippen MR) is 117 cm³/mol. The van der Waals surface area contributed by atoms with Crippen molar-refractivity contribution >= 4 is 21.1 Å². The summed E-state index contributed by atoms with van der Waals surface area (Å²) in [6.45, 7) is 0.500. The van der Waals surface area contributed by atoms with Crippen LogP contribution in [-0.2, 0) is 14.8 Å². The van der Waals surface area contributed by atoms with Crippen LogP contribution in [0.4, 0.5) is 0 Å². The van der Waals surface area contributed by atoms with E-state index in [2.05, 4.69) is 20.1 Å². The minimum Gasteiger partial charge on any atom is -0.385 e. The Morgan fingerprint density at radius 2 is 2.06 bits per heavy atom. The molecule has 0 saturated heterocycles. The average Bonchev–Trinajstić information content (AvgIpc) is 3.44. The Labute approximate surface area is 180 Å². The van der Waals surface area contributed by atoms with Gasteiger partial charge < -0.3 is 9.72 Å². The summed E-state index contributed by atoms with van der Waals surface area (Å²) in [5.74, 6) is 0. The third-order valence-corrected chi connectivity index (χ3v) is 6.98. The highest BCUT2D eigenvalue weighted by Gasteiger charge is 2.21. The van der Waals surface area contributed by atoms with Crippen LogP contribution in [0, 0.1) is 0 Å². The van der Waals surface area contributed by atoms with Crippen molar-refractivity contribution in [2.75, 3.05) is 27.8 Å². The van der Waals surface area contributed by atoms with Gasteiger partial charge in [-0.2, -0.15) is 5.10 Å². The van der Waals surface area contributed by atoms with Gasteiger partial charge in [0, 0.05) is 51.2 Å². The van der Waals surface area contributed by atoms with Crippen LogP contribution in [0.3, 0.4) is 0 Å². The van der Waals surface area contributed by atoms with E-state index in [4.69, 9.17) is 4.74 Å². The number of methoxy groups -OCH3 is 1. The van der Waals surface area contributed by atoms with Crippen LogP contribution in [-0.4, -0.2) is 65.3 Å². The van der Waals surface area contributed by atoms with Crippen molar-refractivity contribution in [3.63, 3.8) is 0 Å². The quantitative estimate of drug-likeness (QED) is 0.452. The maximum Gasteiger partial charge on any atom is 0.242 e. The SMILES string of the molecule is COCCC(c1cccc(S(=O)(=O)N(C)C)c1)n1cc(-c2ncnc3[nH]ccc23)cn1. The Morgan fingerprint density at radius 1 is 1.23 bits per heavy atom. The van der Waals surface area contributed by atoms with Crippen LogP contribution in [0.15, 0.2) is 60.1 Å². The first-order valence-corrected chi connectivity index (χ1v) is 11.2. The Kier molecular flexibility index (Phi) is 5.86. The van der Waals surface area contributed by atoms with Gasteiger partial charge in [-0.05, 0) is 30.2 Å². The largest absolute Gasteiger partial charge is 0.385 e. The van der Waals surface area contributed by atoms with Gasteiger partial charge in [0.25, 0.3) is 0 Å². The highest BCUT2D eigenvalue weighted by atomic mass is 32.2. The molecule has 162 valence electrons. The van der Waals surface area contributed by atoms with E-state index in [-0.39, 0.29) is 10.9 Å². The van der Waals surface area contributed by atoms with E-state index in [1.165, 1.54) is 24.7 Å². The van der Waals surface area contributed by atoms with E-state index in [0.717, 1.165) is 27.9 Å². The summed E-state index contributed by atoms with van der Waals surface area (Å²) in [5.41, 5.74) is 3.23. The molecule has 0 aliphatic heterocycles. The number of hydrogen-bond acceptors (Lipinski definition) is 6. The first kappa shape index (κ1) is 21.2. The van der Waals surface area contributed by atoms with Crippen molar-refractivity contribution in [1.82, 2.24) is 29.0 Å². The molecular formula is C21H24N6O3S. The Balaban J connectivity index is 1.74. The predicted octanol–water partition coefficient (Wildman–Crippen LogP) is 2.70. The lowest BCUT2D eigenvalue weighted by molar-refractivity contribution is 0.182. The highest BCUT2D eigenvalue weighted by molar-refractivity contribution is 7.89. The van der Waals surface area contributed by atoms with Crippen LogP contribution in [0.1, 0.15) is 18.0 Å². The van der Waals surface area contributed by atoms with Crippen molar-refractivity contribution in [3.05, 3.63) is 60.8 Å². The number of sulfonamides is 1. The fourth-order valence-electron chi connectivity index (χ4n) is 3.51. The molecule has 1 atom stereocenters. The van der Waals surface area contributed by atoms with Gasteiger partial charge >= 0.3 is 0 Å². The third kappa shape index (κ3) is 4.09. The minimum absolute atomic E-state index is 0.199. The van der Waals surface area contributed by atoms with E-state index in [1.807, 2.05) is 29.2 Å². The Hall–Kier alpha value is -3.08. The smallest absolute Gasteiger partial charge is 0.242 e. The number of H-pyrrole nitrogens is 1. The van der Waals surface area contributed by atoms with Crippen molar-refractivity contribution in [2.45, 2.75) is 17.4 Å². The van der Waals surface area contributed by atoms with Crippen LogP contribution in [0.5, 0.6) is 0 Å². The molecule has 0 fully saturated rings. The van der Waals surface area contributed by atoms with E-state index in [0.29, 0.717) is 13.0 Å². The van der Waals surface area contributed by atoms with Crippen LogP contribution < -0.4 is 0 Å². The topological polar surface area (TPSA) is 106 Å². The summed E-state index contributed by atoms with van der Waals surface area (Å²) < 4.78 is 33.5. The second-order valence-corrected chi connectivity index (χ2v) is 9.48. The summed E-state index contributed by atoms with van der Waals surface area (Å²) in [6, 6.07) is 8.69. The molecular weight excluding hydrogens is 416 g/mol. The maximum atomic E-state index is 12.6. The molecule has 0 radical (unpaired) electrons. The summed E-state index contributed by atoms with van der Waals surface area (Å²) in [5, 5.41) is 5.48. The molecule has 0 aliphatic carbocycles. The van der Waals surface area contributed by atoms with Crippen LogP contribution in [0.2, 0.25) is 0 Å². The molecule has 1 N–H and O–H groups in total. The normalized spacial score (nSPS) is 13.2. The molecule has 1 aromatic carbocycles. The zero-order valence-corrected chi connectivity index (χ0v) is 18.4. The molecule has 4 rings (SSSR count). The van der Waals surface area contributed by atoms with Gasteiger partial charge in [-0.15, -0.1) is 0 Å². The summed E-state index contributed by atoms with van der Waals surface area (Å²) in [7, 11) is 1.14. The number of aromatic amines is 1. The maximum absolute atomic E-state index is 12.6. The number of fused-ring (bicyclic) bond motifs is 1. The van der Waals surface area contributed by atoms with Gasteiger partial charge in [0.15, 0.2) is 0 Å². The summed E-state index contributed by atoms with van der Waals surface area (Å²) >= 11 is 0. The molecule has 3 aromatic heterocycles. The highest BCUT2D eigenvalue weighted by Crippen LogP contribution is 2.29. The van der Waals surface area contributed by atoms with E-state index >= 15 is 0 Å². The van der Waals surface area contributed by atoms with Crippen LogP contribution in [0.25, 0.3) is 22.3 Å². The lowest BCUT2D eigenvalue weighted by Gasteiger charge is -2.19. The van der Waals surface area contributed by atoms with E-state index in [1.54, 1.807) is 31.5 Å². The number of nitrogens with zero attached hydrogens (tertiary/aromatic N) is 5. The Bertz CT molecular complexity index is 1300. The zero-order chi connectivity index (χ0) is 22.0. The average molecular weight is 441 g/mol.